The summed E-state index contributed by atoms with van der Waals surface area (Å²) in [6, 6.07) is 8.02. The van der Waals surface area contributed by atoms with E-state index in [0.29, 0.717) is 58.0 Å². The number of carbonyl (C=O) groups is 1. The zero-order valence-electron chi connectivity index (χ0n) is 23.9. The van der Waals surface area contributed by atoms with E-state index in [9.17, 15) is 18.3 Å². The first-order valence-corrected chi connectivity index (χ1v) is 16.0. The van der Waals surface area contributed by atoms with E-state index in [2.05, 4.69) is 20.1 Å². The summed E-state index contributed by atoms with van der Waals surface area (Å²) in [5.41, 5.74) is 1.30. The van der Waals surface area contributed by atoms with E-state index in [1.165, 1.54) is 0 Å². The smallest absolute Gasteiger partial charge is 0.247 e. The Kier molecular flexibility index (Phi) is 8.29. The second-order valence-corrected chi connectivity index (χ2v) is 13.4. The lowest BCUT2D eigenvalue weighted by atomic mass is 9.84. The van der Waals surface area contributed by atoms with Crippen LogP contribution in [0.2, 0.25) is 0 Å². The molecule has 12 nitrogen and oxygen atoms in total. The summed E-state index contributed by atoms with van der Waals surface area (Å²) >= 11 is 0. The second kappa shape index (κ2) is 12.0. The predicted octanol–water partition coefficient (Wildman–Crippen LogP) is 0.984. The number of morpholine rings is 1. The van der Waals surface area contributed by atoms with E-state index < -0.39 is 27.7 Å². The summed E-state index contributed by atoms with van der Waals surface area (Å²) in [5, 5.41) is 13.7. The van der Waals surface area contributed by atoms with Crippen molar-refractivity contribution >= 4 is 21.6 Å². The van der Waals surface area contributed by atoms with Gasteiger partial charge in [-0.05, 0) is 31.0 Å². The number of aliphatic hydroxyl groups excluding tert-OH is 1. The molecule has 6 rings (SSSR count). The third kappa shape index (κ3) is 5.80. The highest BCUT2D eigenvalue weighted by atomic mass is 32.2. The summed E-state index contributed by atoms with van der Waals surface area (Å²) in [7, 11) is -2.51. The van der Waals surface area contributed by atoms with Crippen LogP contribution in [0.25, 0.3) is 0 Å². The molecule has 3 saturated heterocycles. The minimum absolute atomic E-state index is 0.0163. The summed E-state index contributed by atoms with van der Waals surface area (Å²) in [5.74, 6) is 0.501. The number of rotatable bonds is 4. The number of aliphatic hydroxyl groups is 1. The van der Waals surface area contributed by atoms with Crippen LogP contribution in [0.1, 0.15) is 31.2 Å². The summed E-state index contributed by atoms with van der Waals surface area (Å²) in [4.78, 5) is 22.5. The maximum absolute atomic E-state index is 14.0. The van der Waals surface area contributed by atoms with Crippen molar-refractivity contribution in [3.05, 3.63) is 42.1 Å². The maximum atomic E-state index is 14.0. The van der Waals surface area contributed by atoms with Crippen LogP contribution in [0, 0.1) is 0 Å². The van der Waals surface area contributed by atoms with E-state index in [0.717, 1.165) is 28.6 Å². The first kappa shape index (κ1) is 29.1. The van der Waals surface area contributed by atoms with Crippen LogP contribution in [-0.4, -0.2) is 111 Å². The highest BCUT2D eigenvalue weighted by molar-refractivity contribution is 7.89. The molecule has 1 amide bonds. The average molecular weight is 602 g/mol. The fraction of sp³-hybridized carbons (Fsp3) is 0.586. The number of fused-ring (bicyclic) bond motifs is 2. The van der Waals surface area contributed by atoms with Gasteiger partial charge >= 0.3 is 0 Å². The van der Waals surface area contributed by atoms with Crippen LogP contribution >= 0.6 is 0 Å². The quantitative estimate of drug-likeness (QED) is 0.523. The number of amides is 1. The van der Waals surface area contributed by atoms with E-state index >= 15 is 0 Å². The Morgan fingerprint density at radius 3 is 2.67 bits per heavy atom. The molecule has 0 bridgehead atoms. The molecule has 42 heavy (non-hydrogen) atoms. The van der Waals surface area contributed by atoms with Crippen molar-refractivity contribution < 1.29 is 32.5 Å². The molecule has 2 atom stereocenters. The van der Waals surface area contributed by atoms with Gasteiger partial charge in [0.25, 0.3) is 0 Å². The van der Waals surface area contributed by atoms with Gasteiger partial charge in [-0.15, -0.1) is 0 Å². The van der Waals surface area contributed by atoms with Crippen molar-refractivity contribution in [2.24, 2.45) is 0 Å². The Hall–Kier alpha value is -2.97. The normalized spacial score (nSPS) is 26.4. The Bertz CT molecular complexity index is 1390. The van der Waals surface area contributed by atoms with Gasteiger partial charge in [0.15, 0.2) is 0 Å². The van der Waals surface area contributed by atoms with Crippen molar-refractivity contribution in [3.63, 3.8) is 0 Å². The molecule has 13 heteroatoms. The van der Waals surface area contributed by atoms with Gasteiger partial charge in [0, 0.05) is 81.2 Å². The Labute approximate surface area is 246 Å². The number of likely N-dealkylation sites (tertiary alicyclic amines) is 1. The lowest BCUT2D eigenvalue weighted by Gasteiger charge is -2.43. The van der Waals surface area contributed by atoms with Gasteiger partial charge in [-0.3, -0.25) is 9.69 Å². The van der Waals surface area contributed by atoms with Crippen molar-refractivity contribution in [3.8, 4) is 11.6 Å². The van der Waals surface area contributed by atoms with Gasteiger partial charge < -0.3 is 29.5 Å². The van der Waals surface area contributed by atoms with Gasteiger partial charge in [0.05, 0.1) is 33.0 Å². The van der Waals surface area contributed by atoms with Crippen LogP contribution in [0.5, 0.6) is 11.6 Å². The van der Waals surface area contributed by atoms with Crippen LogP contribution in [-0.2, 0) is 26.1 Å². The molecule has 4 aliphatic heterocycles. The number of hydrogen-bond donors (Lipinski definition) is 2. The summed E-state index contributed by atoms with van der Waals surface area (Å²) in [6.07, 6.45) is 2.70. The first-order chi connectivity index (χ1) is 20.3. The number of hydrogen-bond acceptors (Lipinski definition) is 10. The number of nitrogens with one attached hydrogen (secondary N) is 1. The van der Waals surface area contributed by atoms with E-state index in [-0.39, 0.29) is 36.1 Å². The predicted molar refractivity (Wildman–Crippen MR) is 154 cm³/mol. The van der Waals surface area contributed by atoms with Gasteiger partial charge in [0.1, 0.15) is 16.7 Å². The highest BCUT2D eigenvalue weighted by Gasteiger charge is 2.47. The molecule has 0 aliphatic carbocycles. The molecule has 1 aromatic heterocycles. The minimum Gasteiger partial charge on any atom is -0.492 e. The molecule has 2 aromatic rings. The van der Waals surface area contributed by atoms with Gasteiger partial charge in [-0.25, -0.2) is 13.4 Å². The molecule has 5 heterocycles. The number of aromatic nitrogens is 1. The fourth-order valence-corrected chi connectivity index (χ4v) is 8.25. The summed E-state index contributed by atoms with van der Waals surface area (Å²) in [6.45, 7) is 4.85. The van der Waals surface area contributed by atoms with Gasteiger partial charge in [-0.2, -0.15) is 4.31 Å². The molecule has 0 saturated carbocycles. The van der Waals surface area contributed by atoms with E-state index in [4.69, 9.17) is 14.2 Å². The molecule has 1 aromatic carbocycles. The monoisotopic (exact) mass is 601 g/mol. The van der Waals surface area contributed by atoms with Crippen LogP contribution in [0.4, 0.5) is 5.69 Å². The number of ether oxygens (including phenoxy) is 3. The molecular formula is C29H39N5O7S. The summed E-state index contributed by atoms with van der Waals surface area (Å²) < 4.78 is 46.2. The lowest BCUT2D eigenvalue weighted by Crippen LogP contribution is -2.59. The Morgan fingerprint density at radius 1 is 1.12 bits per heavy atom. The number of benzene rings is 1. The molecule has 4 aliphatic rings. The fourth-order valence-electron chi connectivity index (χ4n) is 6.50. The molecule has 1 spiro atoms. The van der Waals surface area contributed by atoms with Crippen molar-refractivity contribution in [2.75, 3.05) is 64.6 Å². The molecule has 0 unspecified atom stereocenters. The second-order valence-electron chi connectivity index (χ2n) is 11.5. The zero-order chi connectivity index (χ0) is 29.3. The maximum Gasteiger partial charge on any atom is 0.247 e. The average Bonchev–Trinajstić information content (AvgIpc) is 3.41. The Balaban J connectivity index is 1.27. The SMILES string of the molecule is COc1ncccc1CN1CCC2(CCOc3cc(N4CCOCC4)ccc3S(=O)(=O)N3C[C@H](O)C[C@H]3C(=O)N2)CC1. The number of sulfonamides is 1. The third-order valence-electron chi connectivity index (χ3n) is 8.90. The zero-order valence-corrected chi connectivity index (χ0v) is 24.7. The number of carbonyl (C=O) groups excluding carboxylic acids is 1. The minimum atomic E-state index is -4.12. The number of methoxy groups -OCH3 is 1. The largest absolute Gasteiger partial charge is 0.492 e. The van der Waals surface area contributed by atoms with Crippen LogP contribution in [0.3, 0.4) is 0 Å². The van der Waals surface area contributed by atoms with Crippen molar-refractivity contribution in [1.82, 2.24) is 19.5 Å². The highest BCUT2D eigenvalue weighted by Crippen LogP contribution is 2.37. The number of anilines is 1. The lowest BCUT2D eigenvalue weighted by molar-refractivity contribution is -0.127. The Morgan fingerprint density at radius 2 is 1.90 bits per heavy atom. The van der Waals surface area contributed by atoms with Crippen LogP contribution in [0.15, 0.2) is 41.4 Å². The molecule has 3 fully saturated rings. The standard InChI is InChI=1S/C29H39N5O7S/c1-39-28-21(3-2-9-30-28)19-32-10-6-29(7-11-32)8-14-41-25-17-22(33-12-15-40-16-13-33)4-5-26(25)42(37,38)34-20-23(35)18-24(34)27(36)31-29/h2-5,9,17,23-24,35H,6-8,10-16,18-20H2,1H3,(H,31,36)/t23-,24+/m1/s1. The van der Waals surface area contributed by atoms with Crippen molar-refractivity contribution in [2.45, 2.75) is 54.8 Å². The van der Waals surface area contributed by atoms with E-state index in [1.54, 1.807) is 31.5 Å². The van der Waals surface area contributed by atoms with Crippen LogP contribution < -0.4 is 19.7 Å². The molecular weight excluding hydrogens is 562 g/mol. The van der Waals surface area contributed by atoms with Gasteiger partial charge in [-0.1, -0.05) is 6.07 Å². The van der Waals surface area contributed by atoms with E-state index in [1.807, 2.05) is 12.1 Å². The molecule has 0 radical (unpaired) electrons. The number of piperidine rings is 1. The van der Waals surface area contributed by atoms with Crippen molar-refractivity contribution in [1.29, 1.82) is 0 Å². The third-order valence-corrected chi connectivity index (χ3v) is 10.8. The van der Waals surface area contributed by atoms with Gasteiger partial charge in [0.2, 0.25) is 21.8 Å². The first-order valence-electron chi connectivity index (χ1n) is 14.6. The topological polar surface area (TPSA) is 134 Å². The number of nitrogens with zero attached hydrogens (tertiary/aromatic N) is 4. The number of pyridine rings is 1. The molecule has 228 valence electrons. The molecule has 2 N–H and O–H groups in total.